The highest BCUT2D eigenvalue weighted by Crippen LogP contribution is 2.19. The molecule has 0 aromatic carbocycles. The van der Waals surface area contributed by atoms with E-state index in [9.17, 15) is 9.18 Å². The van der Waals surface area contributed by atoms with Gasteiger partial charge in [0.2, 0.25) is 5.91 Å². The second kappa shape index (κ2) is 4.56. The fraction of sp³-hybridized carbons (Fsp3) is 0.889. The van der Waals surface area contributed by atoms with Crippen molar-refractivity contribution in [3.63, 3.8) is 0 Å². The van der Waals surface area contributed by atoms with E-state index in [1.807, 2.05) is 7.05 Å². The molecule has 0 spiro atoms. The summed E-state index contributed by atoms with van der Waals surface area (Å²) in [6, 6.07) is 0. The number of hydrogen-bond acceptors (Lipinski definition) is 2. The van der Waals surface area contributed by atoms with Gasteiger partial charge in [-0.25, -0.2) is 4.39 Å². The highest BCUT2D eigenvalue weighted by Gasteiger charge is 2.29. The van der Waals surface area contributed by atoms with E-state index in [-0.39, 0.29) is 18.4 Å². The van der Waals surface area contributed by atoms with Gasteiger partial charge in [-0.1, -0.05) is 0 Å². The molecule has 1 amide bonds. The van der Waals surface area contributed by atoms with Gasteiger partial charge >= 0.3 is 0 Å². The number of piperidine rings is 1. The van der Waals surface area contributed by atoms with Crippen LogP contribution in [0.5, 0.6) is 0 Å². The first-order valence-corrected chi connectivity index (χ1v) is 4.69. The molecule has 1 heterocycles. The van der Waals surface area contributed by atoms with E-state index in [2.05, 4.69) is 5.32 Å². The summed E-state index contributed by atoms with van der Waals surface area (Å²) in [6.07, 6.45) is -0.105. The number of likely N-dealkylation sites (tertiary alicyclic amines) is 1. The van der Waals surface area contributed by atoms with Crippen molar-refractivity contribution < 1.29 is 9.18 Å². The molecule has 0 aromatic heterocycles. The van der Waals surface area contributed by atoms with Crippen molar-refractivity contribution in [2.45, 2.75) is 19.5 Å². The van der Waals surface area contributed by atoms with E-state index < -0.39 is 6.17 Å². The predicted molar refractivity (Wildman–Crippen MR) is 49.2 cm³/mol. The lowest BCUT2D eigenvalue weighted by molar-refractivity contribution is -0.131. The fourth-order valence-electron chi connectivity index (χ4n) is 1.73. The molecule has 0 aliphatic carbocycles. The zero-order valence-corrected chi connectivity index (χ0v) is 8.22. The van der Waals surface area contributed by atoms with Crippen LogP contribution in [0.25, 0.3) is 0 Å². The summed E-state index contributed by atoms with van der Waals surface area (Å²) in [5.74, 6) is 0.0474. The van der Waals surface area contributed by atoms with Crippen molar-refractivity contribution in [3.8, 4) is 0 Å². The minimum atomic E-state index is -0.870. The van der Waals surface area contributed by atoms with Crippen LogP contribution < -0.4 is 5.32 Å². The lowest BCUT2D eigenvalue weighted by Gasteiger charge is -2.34. The van der Waals surface area contributed by atoms with Gasteiger partial charge < -0.3 is 10.2 Å². The largest absolute Gasteiger partial charge is 0.340 e. The van der Waals surface area contributed by atoms with Gasteiger partial charge in [0.25, 0.3) is 0 Å². The zero-order chi connectivity index (χ0) is 9.84. The highest BCUT2D eigenvalue weighted by atomic mass is 19.1. The average molecular weight is 188 g/mol. The zero-order valence-electron chi connectivity index (χ0n) is 8.22. The Hall–Kier alpha value is -0.640. The van der Waals surface area contributed by atoms with E-state index in [1.54, 1.807) is 4.90 Å². The Balaban J connectivity index is 2.41. The standard InChI is InChI=1S/C9H17FN2O/c1-7(13)12-4-3-8(5-11-2)9(10)6-12/h8-9,11H,3-6H2,1-2H3. The van der Waals surface area contributed by atoms with Crippen LogP contribution in [0.4, 0.5) is 4.39 Å². The van der Waals surface area contributed by atoms with Gasteiger partial charge in [0, 0.05) is 25.9 Å². The number of carbonyl (C=O) groups excluding carboxylic acids is 1. The molecule has 1 aliphatic heterocycles. The minimum absolute atomic E-state index is 0.0226. The molecule has 1 rings (SSSR count). The molecule has 0 aromatic rings. The molecule has 13 heavy (non-hydrogen) atoms. The van der Waals surface area contributed by atoms with Gasteiger partial charge in [0.15, 0.2) is 0 Å². The SMILES string of the molecule is CNCC1CCN(C(C)=O)CC1F. The molecule has 0 bridgehead atoms. The third-order valence-electron chi connectivity index (χ3n) is 2.59. The third kappa shape index (κ3) is 2.66. The van der Waals surface area contributed by atoms with Crippen molar-refractivity contribution in [1.29, 1.82) is 0 Å². The Morgan fingerprint density at radius 1 is 1.69 bits per heavy atom. The van der Waals surface area contributed by atoms with Crippen LogP contribution >= 0.6 is 0 Å². The normalized spacial score (nSPS) is 29.0. The van der Waals surface area contributed by atoms with Crippen LogP contribution in [0.15, 0.2) is 0 Å². The van der Waals surface area contributed by atoms with Crippen LogP contribution in [-0.2, 0) is 4.79 Å². The molecular formula is C9H17FN2O. The Morgan fingerprint density at radius 2 is 2.38 bits per heavy atom. The summed E-state index contributed by atoms with van der Waals surface area (Å²) in [4.78, 5) is 12.5. The number of nitrogens with one attached hydrogen (secondary N) is 1. The summed E-state index contributed by atoms with van der Waals surface area (Å²) in [6.45, 7) is 3.15. The lowest BCUT2D eigenvalue weighted by Crippen LogP contribution is -2.46. The fourth-order valence-corrected chi connectivity index (χ4v) is 1.73. The second-order valence-corrected chi connectivity index (χ2v) is 3.59. The van der Waals surface area contributed by atoms with Crippen molar-refractivity contribution in [2.24, 2.45) is 5.92 Å². The summed E-state index contributed by atoms with van der Waals surface area (Å²) in [5.41, 5.74) is 0. The van der Waals surface area contributed by atoms with Gasteiger partial charge in [0.1, 0.15) is 6.17 Å². The average Bonchev–Trinajstić information content (AvgIpc) is 2.08. The molecule has 1 N–H and O–H groups in total. The van der Waals surface area contributed by atoms with E-state index >= 15 is 0 Å². The first-order chi connectivity index (χ1) is 6.15. The maximum atomic E-state index is 13.4. The lowest BCUT2D eigenvalue weighted by atomic mass is 9.95. The van der Waals surface area contributed by atoms with Crippen LogP contribution in [0, 0.1) is 5.92 Å². The Labute approximate surface area is 78.3 Å². The monoisotopic (exact) mass is 188 g/mol. The van der Waals surface area contributed by atoms with Gasteiger partial charge in [-0.05, 0) is 13.5 Å². The van der Waals surface area contributed by atoms with E-state index in [0.717, 1.165) is 6.42 Å². The molecule has 1 saturated heterocycles. The summed E-state index contributed by atoms with van der Waals surface area (Å²) in [7, 11) is 1.82. The van der Waals surface area contributed by atoms with Crippen molar-refractivity contribution in [3.05, 3.63) is 0 Å². The number of alkyl halides is 1. The number of hydrogen-bond donors (Lipinski definition) is 1. The molecule has 76 valence electrons. The summed E-state index contributed by atoms with van der Waals surface area (Å²) >= 11 is 0. The second-order valence-electron chi connectivity index (χ2n) is 3.59. The van der Waals surface area contributed by atoms with Gasteiger partial charge in [-0.3, -0.25) is 4.79 Å². The highest BCUT2D eigenvalue weighted by molar-refractivity contribution is 5.73. The molecule has 2 unspecified atom stereocenters. The quantitative estimate of drug-likeness (QED) is 0.681. The smallest absolute Gasteiger partial charge is 0.219 e. The third-order valence-corrected chi connectivity index (χ3v) is 2.59. The van der Waals surface area contributed by atoms with E-state index in [1.165, 1.54) is 6.92 Å². The van der Waals surface area contributed by atoms with Gasteiger partial charge in [0.05, 0.1) is 6.54 Å². The van der Waals surface area contributed by atoms with Crippen molar-refractivity contribution in [1.82, 2.24) is 10.2 Å². The molecule has 3 nitrogen and oxygen atoms in total. The molecule has 4 heteroatoms. The molecule has 0 radical (unpaired) electrons. The van der Waals surface area contributed by atoms with Crippen LogP contribution in [0.1, 0.15) is 13.3 Å². The number of halogens is 1. The molecule has 0 saturated carbocycles. The molecule has 1 aliphatic rings. The first kappa shape index (κ1) is 10.4. The predicted octanol–water partition coefficient (Wildman–Crippen LogP) is 0.412. The minimum Gasteiger partial charge on any atom is -0.340 e. The number of amides is 1. The summed E-state index contributed by atoms with van der Waals surface area (Å²) in [5, 5.41) is 2.97. The Morgan fingerprint density at radius 3 is 2.85 bits per heavy atom. The number of rotatable bonds is 2. The van der Waals surface area contributed by atoms with E-state index in [4.69, 9.17) is 0 Å². The van der Waals surface area contributed by atoms with Crippen molar-refractivity contribution >= 4 is 5.91 Å². The molecule has 1 fully saturated rings. The summed E-state index contributed by atoms with van der Waals surface area (Å²) < 4.78 is 13.4. The van der Waals surface area contributed by atoms with E-state index in [0.29, 0.717) is 13.1 Å². The molecular weight excluding hydrogens is 171 g/mol. The van der Waals surface area contributed by atoms with Crippen LogP contribution in [0.3, 0.4) is 0 Å². The van der Waals surface area contributed by atoms with Gasteiger partial charge in [-0.15, -0.1) is 0 Å². The number of nitrogens with zero attached hydrogens (tertiary/aromatic N) is 1. The molecule has 2 atom stereocenters. The van der Waals surface area contributed by atoms with Crippen LogP contribution in [-0.4, -0.2) is 43.7 Å². The van der Waals surface area contributed by atoms with Crippen molar-refractivity contribution in [2.75, 3.05) is 26.7 Å². The maximum Gasteiger partial charge on any atom is 0.219 e. The first-order valence-electron chi connectivity index (χ1n) is 4.69. The van der Waals surface area contributed by atoms with Gasteiger partial charge in [-0.2, -0.15) is 0 Å². The maximum absolute atomic E-state index is 13.4. The number of carbonyl (C=O) groups is 1. The topological polar surface area (TPSA) is 32.3 Å². The Bertz CT molecular complexity index is 186. The Kier molecular flexibility index (Phi) is 3.66. The van der Waals surface area contributed by atoms with Crippen LogP contribution in [0.2, 0.25) is 0 Å².